The Morgan fingerprint density at radius 3 is 2.20 bits per heavy atom. The first kappa shape index (κ1) is 30.7. The van der Waals surface area contributed by atoms with Gasteiger partial charge in [-0.1, -0.05) is 74.9 Å². The van der Waals surface area contributed by atoms with Gasteiger partial charge in [0, 0.05) is 13.1 Å². The second kappa shape index (κ2) is 14.5. The number of hydrogen-bond donors (Lipinski definition) is 1. The highest BCUT2D eigenvalue weighted by atomic mass is 32.2. The van der Waals surface area contributed by atoms with Crippen molar-refractivity contribution in [2.45, 2.75) is 57.5 Å². The first-order chi connectivity index (χ1) is 19.2. The lowest BCUT2D eigenvalue weighted by molar-refractivity contribution is -0.140. The average Bonchev–Trinajstić information content (AvgIpc) is 2.96. The Hall–Kier alpha value is -3.85. The van der Waals surface area contributed by atoms with Crippen molar-refractivity contribution in [2.24, 2.45) is 0 Å². The standard InChI is InChI=1S/C31H39N3O5S/c1-5-7-20-32-31(36)27(6-2)33(22-25-14-10-8-11-15-25)30(35)23-34(28-21-24(3)18-19-29(28)39-4)40(37,38)26-16-12-9-13-17-26/h8-19,21,27H,5-7,20,22-23H2,1-4H3,(H,32,36)/t27-/m1/s1. The Kier molecular flexibility index (Phi) is 11.1. The van der Waals surface area contributed by atoms with Gasteiger partial charge in [0.1, 0.15) is 18.3 Å². The number of nitrogens with one attached hydrogen (secondary N) is 1. The van der Waals surface area contributed by atoms with Gasteiger partial charge in [0.2, 0.25) is 11.8 Å². The summed E-state index contributed by atoms with van der Waals surface area (Å²) in [4.78, 5) is 28.9. The van der Waals surface area contributed by atoms with Gasteiger partial charge in [-0.05, 0) is 55.2 Å². The van der Waals surface area contributed by atoms with Crippen LogP contribution < -0.4 is 14.4 Å². The van der Waals surface area contributed by atoms with Gasteiger partial charge in [0.25, 0.3) is 10.0 Å². The lowest BCUT2D eigenvalue weighted by Crippen LogP contribution is -2.52. The molecular formula is C31H39N3O5S. The molecule has 2 amide bonds. The summed E-state index contributed by atoms with van der Waals surface area (Å²) in [6, 6.07) is 21.8. The molecule has 8 nitrogen and oxygen atoms in total. The van der Waals surface area contributed by atoms with E-state index in [9.17, 15) is 18.0 Å². The molecule has 1 atom stereocenters. The third-order valence-electron chi connectivity index (χ3n) is 6.62. The number of rotatable bonds is 14. The molecule has 0 radical (unpaired) electrons. The lowest BCUT2D eigenvalue weighted by Gasteiger charge is -2.33. The summed E-state index contributed by atoms with van der Waals surface area (Å²) in [7, 11) is -2.71. The Bertz CT molecular complexity index is 1360. The van der Waals surface area contributed by atoms with Crippen LogP contribution in [0.25, 0.3) is 0 Å². The Balaban J connectivity index is 2.07. The zero-order chi connectivity index (χ0) is 29.1. The summed E-state index contributed by atoms with van der Waals surface area (Å²) in [6.07, 6.45) is 2.12. The third-order valence-corrected chi connectivity index (χ3v) is 8.40. The van der Waals surface area contributed by atoms with Crippen molar-refractivity contribution < 1.29 is 22.7 Å². The first-order valence-electron chi connectivity index (χ1n) is 13.6. The minimum atomic E-state index is -4.17. The number of carbonyl (C=O) groups excluding carboxylic acids is 2. The molecule has 3 rings (SSSR count). The fraction of sp³-hybridized carbons (Fsp3) is 0.355. The average molecular weight is 566 g/mol. The van der Waals surface area contributed by atoms with Crippen LogP contribution in [0.4, 0.5) is 5.69 Å². The second-order valence-corrected chi connectivity index (χ2v) is 11.4. The molecule has 0 aromatic heterocycles. The maximum atomic E-state index is 14.1. The van der Waals surface area contributed by atoms with Gasteiger partial charge in [-0.3, -0.25) is 13.9 Å². The normalized spacial score (nSPS) is 11.9. The number of amides is 2. The van der Waals surface area contributed by atoms with E-state index in [0.29, 0.717) is 18.7 Å². The minimum Gasteiger partial charge on any atom is -0.495 e. The zero-order valence-electron chi connectivity index (χ0n) is 23.7. The Morgan fingerprint density at radius 2 is 1.60 bits per heavy atom. The molecule has 1 N–H and O–H groups in total. The lowest BCUT2D eigenvalue weighted by atomic mass is 10.1. The number of anilines is 1. The van der Waals surface area contributed by atoms with Crippen LogP contribution in [0.5, 0.6) is 5.75 Å². The van der Waals surface area contributed by atoms with Crippen LogP contribution in [0.15, 0.2) is 83.8 Å². The quantitative estimate of drug-likeness (QED) is 0.280. The van der Waals surface area contributed by atoms with Crippen LogP contribution in [-0.4, -0.2) is 51.4 Å². The van der Waals surface area contributed by atoms with E-state index in [1.54, 1.807) is 30.3 Å². The first-order valence-corrected chi connectivity index (χ1v) is 15.0. The zero-order valence-corrected chi connectivity index (χ0v) is 24.5. The minimum absolute atomic E-state index is 0.0466. The van der Waals surface area contributed by atoms with Gasteiger partial charge in [-0.15, -0.1) is 0 Å². The second-order valence-electron chi connectivity index (χ2n) is 9.58. The van der Waals surface area contributed by atoms with Crippen LogP contribution in [0.3, 0.4) is 0 Å². The largest absolute Gasteiger partial charge is 0.495 e. The van der Waals surface area contributed by atoms with E-state index in [1.165, 1.54) is 24.1 Å². The predicted molar refractivity (Wildman–Crippen MR) is 158 cm³/mol. The summed E-state index contributed by atoms with van der Waals surface area (Å²) in [5, 5.41) is 2.94. The summed E-state index contributed by atoms with van der Waals surface area (Å²) in [6.45, 7) is 5.88. The number of unbranched alkanes of at least 4 members (excludes halogenated alkanes) is 1. The maximum absolute atomic E-state index is 14.1. The number of nitrogens with zero attached hydrogens (tertiary/aromatic N) is 2. The van der Waals surface area contributed by atoms with Crippen LogP contribution in [0, 0.1) is 6.92 Å². The number of carbonyl (C=O) groups is 2. The summed E-state index contributed by atoms with van der Waals surface area (Å²) < 4.78 is 34.6. The van der Waals surface area contributed by atoms with E-state index in [4.69, 9.17) is 4.74 Å². The highest BCUT2D eigenvalue weighted by molar-refractivity contribution is 7.92. The van der Waals surface area contributed by atoms with E-state index >= 15 is 0 Å². The molecule has 40 heavy (non-hydrogen) atoms. The Labute approximate surface area is 238 Å². The van der Waals surface area contributed by atoms with E-state index in [0.717, 1.165) is 28.3 Å². The molecule has 3 aromatic rings. The molecule has 0 saturated heterocycles. The molecule has 0 aliphatic rings. The van der Waals surface area contributed by atoms with Gasteiger partial charge in [0.05, 0.1) is 17.7 Å². The molecule has 0 aliphatic carbocycles. The summed E-state index contributed by atoms with van der Waals surface area (Å²) >= 11 is 0. The molecule has 0 bridgehead atoms. The van der Waals surface area contributed by atoms with Crippen molar-refractivity contribution in [2.75, 3.05) is 24.5 Å². The Morgan fingerprint density at radius 1 is 0.950 bits per heavy atom. The van der Waals surface area contributed by atoms with Gasteiger partial charge in [-0.2, -0.15) is 0 Å². The predicted octanol–water partition coefficient (Wildman–Crippen LogP) is 4.92. The molecule has 0 saturated carbocycles. The van der Waals surface area contributed by atoms with Gasteiger partial charge >= 0.3 is 0 Å². The smallest absolute Gasteiger partial charge is 0.264 e. The topological polar surface area (TPSA) is 96.0 Å². The fourth-order valence-electron chi connectivity index (χ4n) is 4.43. The molecule has 0 spiro atoms. The summed E-state index contributed by atoms with van der Waals surface area (Å²) in [5.41, 5.74) is 1.89. The fourth-order valence-corrected chi connectivity index (χ4v) is 5.87. The van der Waals surface area contributed by atoms with Gasteiger partial charge < -0.3 is 15.0 Å². The van der Waals surface area contributed by atoms with Crippen LogP contribution >= 0.6 is 0 Å². The third kappa shape index (κ3) is 7.63. The molecule has 3 aromatic carbocycles. The monoisotopic (exact) mass is 565 g/mol. The molecule has 0 unspecified atom stereocenters. The number of hydrogen-bond acceptors (Lipinski definition) is 5. The van der Waals surface area contributed by atoms with Crippen molar-refractivity contribution in [1.29, 1.82) is 0 Å². The SMILES string of the molecule is CCCCNC(=O)[C@@H](CC)N(Cc1ccccc1)C(=O)CN(c1cc(C)ccc1OC)S(=O)(=O)c1ccccc1. The molecule has 0 heterocycles. The van der Waals surface area contributed by atoms with Crippen LogP contribution in [0.2, 0.25) is 0 Å². The highest BCUT2D eigenvalue weighted by Gasteiger charge is 2.34. The van der Waals surface area contributed by atoms with Crippen molar-refractivity contribution in [3.8, 4) is 5.75 Å². The number of methoxy groups -OCH3 is 1. The van der Waals surface area contributed by atoms with Gasteiger partial charge in [-0.25, -0.2) is 8.42 Å². The number of aryl methyl sites for hydroxylation is 1. The molecular weight excluding hydrogens is 526 g/mol. The summed E-state index contributed by atoms with van der Waals surface area (Å²) in [5.74, 6) is -0.438. The van der Waals surface area contributed by atoms with E-state index in [2.05, 4.69) is 5.32 Å². The number of sulfonamides is 1. The van der Waals surface area contributed by atoms with Crippen molar-refractivity contribution in [3.63, 3.8) is 0 Å². The van der Waals surface area contributed by atoms with E-state index < -0.39 is 28.5 Å². The van der Waals surface area contributed by atoms with Gasteiger partial charge in [0.15, 0.2) is 0 Å². The van der Waals surface area contributed by atoms with Crippen molar-refractivity contribution in [1.82, 2.24) is 10.2 Å². The molecule has 0 aliphatic heterocycles. The van der Waals surface area contributed by atoms with Crippen LogP contribution in [-0.2, 0) is 26.2 Å². The maximum Gasteiger partial charge on any atom is 0.264 e. The molecule has 214 valence electrons. The molecule has 0 fully saturated rings. The van der Waals surface area contributed by atoms with E-state index in [1.807, 2.05) is 57.2 Å². The van der Waals surface area contributed by atoms with Crippen molar-refractivity contribution >= 4 is 27.5 Å². The van der Waals surface area contributed by atoms with Crippen LogP contribution in [0.1, 0.15) is 44.2 Å². The number of ether oxygens (including phenoxy) is 1. The van der Waals surface area contributed by atoms with E-state index in [-0.39, 0.29) is 23.0 Å². The molecule has 9 heteroatoms. The van der Waals surface area contributed by atoms with Crippen molar-refractivity contribution in [3.05, 3.63) is 90.0 Å². The highest BCUT2D eigenvalue weighted by Crippen LogP contribution is 2.33. The number of benzene rings is 3.